The molecule has 0 radical (unpaired) electrons. The number of carbonyl (C=O) groups excluding carboxylic acids is 1. The summed E-state index contributed by atoms with van der Waals surface area (Å²) in [6, 6.07) is 2.26. The molecule has 1 aromatic heterocycles. The Morgan fingerprint density at radius 2 is 1.82 bits per heavy atom. The van der Waals surface area contributed by atoms with Crippen LogP contribution < -0.4 is 20.9 Å². The number of anilines is 2. The van der Waals surface area contributed by atoms with E-state index in [1.807, 2.05) is 0 Å². The second-order valence-electron chi connectivity index (χ2n) is 8.98. The number of nitrogens with two attached hydrogens (primary N) is 1. The molecule has 1 fully saturated rings. The van der Waals surface area contributed by atoms with Crippen molar-refractivity contribution in [3.8, 4) is 11.5 Å². The Bertz CT molecular complexity index is 1440. The molecular weight excluding hydrogens is 511 g/mol. The van der Waals surface area contributed by atoms with Gasteiger partial charge in [0.25, 0.3) is 0 Å². The third-order valence-corrected chi connectivity index (χ3v) is 6.43. The Kier molecular flexibility index (Phi) is 6.39. The van der Waals surface area contributed by atoms with Crippen molar-refractivity contribution in [3.63, 3.8) is 0 Å². The number of carbonyl (C=O) groups is 1. The van der Waals surface area contributed by atoms with Crippen molar-refractivity contribution < 1.29 is 31.5 Å². The molecule has 3 aromatic rings. The predicted molar refractivity (Wildman–Crippen MR) is 126 cm³/mol. The molecule has 2 atom stereocenters. The topological polar surface area (TPSA) is 96.6 Å². The second kappa shape index (κ2) is 9.56. The van der Waals surface area contributed by atoms with E-state index < -0.39 is 46.6 Å². The van der Waals surface area contributed by atoms with Gasteiger partial charge in [0.05, 0.1) is 17.6 Å². The van der Waals surface area contributed by atoms with Crippen LogP contribution in [0.25, 0.3) is 0 Å². The number of rotatable bonds is 5. The third-order valence-electron chi connectivity index (χ3n) is 6.43. The highest BCUT2D eigenvalue weighted by Crippen LogP contribution is 2.42. The summed E-state index contributed by atoms with van der Waals surface area (Å²) < 4.78 is 75.3. The molecule has 0 bridgehead atoms. The molecule has 8 nitrogen and oxygen atoms in total. The molecule has 38 heavy (non-hydrogen) atoms. The fourth-order valence-corrected chi connectivity index (χ4v) is 4.61. The summed E-state index contributed by atoms with van der Waals surface area (Å²) in [5.41, 5.74) is 10.2. The van der Waals surface area contributed by atoms with E-state index in [1.165, 1.54) is 18.5 Å². The predicted octanol–water partition coefficient (Wildman–Crippen LogP) is 4.14. The van der Waals surface area contributed by atoms with E-state index in [0.29, 0.717) is 36.5 Å². The van der Waals surface area contributed by atoms with Gasteiger partial charge in [0.15, 0.2) is 17.5 Å². The van der Waals surface area contributed by atoms with Gasteiger partial charge >= 0.3 is 0 Å². The van der Waals surface area contributed by atoms with Gasteiger partial charge in [-0.1, -0.05) is 12.6 Å². The number of nitrogen functional groups attached to an aromatic ring is 1. The third kappa shape index (κ3) is 4.28. The Morgan fingerprint density at radius 3 is 2.47 bits per heavy atom. The number of ether oxygens (including phenoxy) is 1. The van der Waals surface area contributed by atoms with Gasteiger partial charge in [0.1, 0.15) is 23.7 Å². The number of benzene rings is 2. The molecule has 1 unspecified atom stereocenters. The summed E-state index contributed by atoms with van der Waals surface area (Å²) in [5, 5.41) is 1.72. The minimum atomic E-state index is -1.75. The van der Waals surface area contributed by atoms with Gasteiger partial charge in [-0.15, -0.1) is 0 Å². The monoisotopic (exact) mass is 532 g/mol. The first-order chi connectivity index (χ1) is 18.1. The van der Waals surface area contributed by atoms with Crippen LogP contribution in [0.3, 0.4) is 0 Å². The van der Waals surface area contributed by atoms with Gasteiger partial charge in [-0.3, -0.25) is 9.80 Å². The highest BCUT2D eigenvalue weighted by atomic mass is 19.2. The summed E-state index contributed by atoms with van der Waals surface area (Å²) in [7, 11) is 0. The Morgan fingerprint density at radius 1 is 1.11 bits per heavy atom. The number of aromatic nitrogens is 2. The van der Waals surface area contributed by atoms with Gasteiger partial charge in [0, 0.05) is 36.4 Å². The van der Waals surface area contributed by atoms with E-state index in [9.17, 15) is 22.4 Å². The maximum Gasteiger partial charge on any atom is 0.248 e. The van der Waals surface area contributed by atoms with Crippen LogP contribution in [0.15, 0.2) is 42.7 Å². The first-order valence-corrected chi connectivity index (χ1v) is 11.5. The molecule has 3 heterocycles. The van der Waals surface area contributed by atoms with Crippen LogP contribution in [0, 0.1) is 29.1 Å². The quantitative estimate of drug-likeness (QED) is 0.290. The molecule has 0 spiro atoms. The first-order valence-electron chi connectivity index (χ1n) is 11.5. The van der Waals surface area contributed by atoms with Crippen LogP contribution in [-0.4, -0.2) is 39.9 Å². The summed E-state index contributed by atoms with van der Waals surface area (Å²) in [5.74, 6) is -9.07. The minimum Gasteiger partial charge on any atom is -0.451 e. The molecule has 2 aromatic carbocycles. The zero-order valence-corrected chi connectivity index (χ0v) is 19.9. The van der Waals surface area contributed by atoms with Crippen molar-refractivity contribution in [2.75, 3.05) is 23.8 Å². The van der Waals surface area contributed by atoms with Crippen LogP contribution in [0.2, 0.25) is 0 Å². The van der Waals surface area contributed by atoms with E-state index in [1.54, 1.807) is 16.8 Å². The Labute approximate surface area is 213 Å². The number of hydrazine groups is 1. The molecule has 198 valence electrons. The van der Waals surface area contributed by atoms with Gasteiger partial charge in [0.2, 0.25) is 23.3 Å². The number of halogens is 5. The largest absolute Gasteiger partial charge is 0.451 e. The SMILES string of the molecule is C=C(C)C(=O)N1CC[C@@H](N2NC(c3ccc(Oc4c(F)c(F)cc(F)c4F)cc3F)c3c(N)ncnc32)C1. The normalized spacial score (nSPS) is 18.6. The molecule has 1 amide bonds. The number of nitrogens with one attached hydrogen (secondary N) is 1. The molecule has 2 aliphatic rings. The Hall–Kier alpha value is -4.26. The number of likely N-dealkylation sites (tertiary alicyclic amines) is 1. The molecule has 0 aliphatic carbocycles. The number of amides is 1. The average molecular weight is 532 g/mol. The van der Waals surface area contributed by atoms with Gasteiger partial charge in [-0.25, -0.2) is 28.6 Å². The number of nitrogens with zero attached hydrogens (tertiary/aromatic N) is 4. The number of fused-ring (bicyclic) bond motifs is 1. The lowest BCUT2D eigenvalue weighted by atomic mass is 10.0. The van der Waals surface area contributed by atoms with E-state index >= 15 is 4.39 Å². The van der Waals surface area contributed by atoms with Crippen molar-refractivity contribution in [1.82, 2.24) is 20.3 Å². The standard InChI is InChI=1S/C25H21F5N6O2/c1-11(2)25(37)35-6-5-12(9-35)36-24-18(23(31)32-10-33-24)21(34-36)14-4-3-13(7-15(14)26)38-22-19(29)16(27)8-17(28)20(22)30/h3-4,7-8,10,12,21,34H,1,5-6,9H2,2H3,(H2,31,32,33)/t12-,21?/m1/s1. The maximum atomic E-state index is 15.3. The summed E-state index contributed by atoms with van der Waals surface area (Å²) in [6.07, 6.45) is 1.87. The van der Waals surface area contributed by atoms with Gasteiger partial charge in [-0.05, 0) is 19.4 Å². The van der Waals surface area contributed by atoms with Crippen molar-refractivity contribution in [2.24, 2.45) is 0 Å². The lowest BCUT2D eigenvalue weighted by Gasteiger charge is -2.27. The zero-order chi connectivity index (χ0) is 27.3. The lowest BCUT2D eigenvalue weighted by Crippen LogP contribution is -2.45. The smallest absolute Gasteiger partial charge is 0.248 e. The van der Waals surface area contributed by atoms with Crippen molar-refractivity contribution >= 4 is 17.5 Å². The van der Waals surface area contributed by atoms with E-state index in [0.717, 1.165) is 6.07 Å². The van der Waals surface area contributed by atoms with Crippen LogP contribution in [0.5, 0.6) is 11.5 Å². The zero-order valence-electron chi connectivity index (χ0n) is 19.9. The van der Waals surface area contributed by atoms with Crippen molar-refractivity contribution in [3.05, 3.63) is 83.0 Å². The highest BCUT2D eigenvalue weighted by Gasteiger charge is 2.41. The lowest BCUT2D eigenvalue weighted by molar-refractivity contribution is -0.126. The maximum absolute atomic E-state index is 15.3. The molecule has 0 saturated carbocycles. The summed E-state index contributed by atoms with van der Waals surface area (Å²) in [4.78, 5) is 22.4. The van der Waals surface area contributed by atoms with Crippen LogP contribution in [0.4, 0.5) is 33.6 Å². The summed E-state index contributed by atoms with van der Waals surface area (Å²) >= 11 is 0. The van der Waals surface area contributed by atoms with Crippen molar-refractivity contribution in [1.29, 1.82) is 0 Å². The fourth-order valence-electron chi connectivity index (χ4n) is 4.61. The molecule has 1 saturated heterocycles. The highest BCUT2D eigenvalue weighted by molar-refractivity contribution is 5.92. The Balaban J connectivity index is 1.44. The van der Waals surface area contributed by atoms with Crippen LogP contribution >= 0.6 is 0 Å². The fraction of sp³-hybridized carbons (Fsp3) is 0.240. The van der Waals surface area contributed by atoms with Crippen molar-refractivity contribution in [2.45, 2.75) is 25.4 Å². The summed E-state index contributed by atoms with van der Waals surface area (Å²) in [6.45, 7) is 6.18. The molecule has 13 heteroatoms. The second-order valence-corrected chi connectivity index (χ2v) is 8.98. The van der Waals surface area contributed by atoms with E-state index in [2.05, 4.69) is 22.0 Å². The first kappa shape index (κ1) is 25.4. The van der Waals surface area contributed by atoms with Gasteiger partial charge < -0.3 is 15.4 Å². The van der Waals surface area contributed by atoms with Crippen LogP contribution in [0.1, 0.15) is 30.5 Å². The molecule has 3 N–H and O–H groups in total. The molecular formula is C25H21F5N6O2. The van der Waals surface area contributed by atoms with Crippen LogP contribution in [-0.2, 0) is 4.79 Å². The number of hydrogen-bond donors (Lipinski definition) is 2. The molecule has 5 rings (SSSR count). The van der Waals surface area contributed by atoms with Gasteiger partial charge in [-0.2, -0.15) is 8.78 Å². The average Bonchev–Trinajstić information content (AvgIpc) is 3.51. The van der Waals surface area contributed by atoms with E-state index in [-0.39, 0.29) is 29.4 Å². The molecule has 2 aliphatic heterocycles. The minimum absolute atomic E-state index is 0.0423. The van der Waals surface area contributed by atoms with E-state index in [4.69, 9.17) is 10.5 Å². The number of hydrogen-bond acceptors (Lipinski definition) is 7.